The summed E-state index contributed by atoms with van der Waals surface area (Å²) in [5, 5.41) is 8.99. The van der Waals surface area contributed by atoms with Crippen molar-refractivity contribution in [2.24, 2.45) is 5.92 Å². The van der Waals surface area contributed by atoms with Crippen LogP contribution in [0, 0.1) is 25.6 Å². The van der Waals surface area contributed by atoms with Gasteiger partial charge in [-0.15, -0.1) is 0 Å². The molecule has 0 amide bonds. The number of carboxylic acids is 1. The molecule has 7 heteroatoms. The standard InChI is InChI=1S/C14H16FNO4S/c1-9-6-10(2)13(12(15)7-9)21(19,20)16-5-3-4-11(8-16)14(17)18/h3-4,6-7,11H,5,8H2,1-2H3,(H,17,18). The van der Waals surface area contributed by atoms with Crippen molar-refractivity contribution in [3.8, 4) is 0 Å². The predicted molar refractivity (Wildman–Crippen MR) is 74.9 cm³/mol. The first-order chi connectivity index (χ1) is 9.73. The number of rotatable bonds is 3. The summed E-state index contributed by atoms with van der Waals surface area (Å²) in [6, 6.07) is 2.75. The molecule has 0 aromatic heterocycles. The molecule has 2 rings (SSSR count). The van der Waals surface area contributed by atoms with Crippen LogP contribution in [0.1, 0.15) is 11.1 Å². The van der Waals surface area contributed by atoms with E-state index < -0.39 is 27.7 Å². The third-order valence-corrected chi connectivity index (χ3v) is 5.38. The Morgan fingerprint density at radius 3 is 2.62 bits per heavy atom. The second-order valence-corrected chi connectivity index (χ2v) is 6.96. The minimum Gasteiger partial charge on any atom is -0.481 e. The summed E-state index contributed by atoms with van der Waals surface area (Å²) in [4.78, 5) is 10.6. The summed E-state index contributed by atoms with van der Waals surface area (Å²) in [6.45, 7) is 3.05. The van der Waals surface area contributed by atoms with Crippen molar-refractivity contribution in [2.45, 2.75) is 18.7 Å². The van der Waals surface area contributed by atoms with E-state index in [4.69, 9.17) is 5.11 Å². The van der Waals surface area contributed by atoms with Gasteiger partial charge in [0, 0.05) is 13.1 Å². The van der Waals surface area contributed by atoms with Crippen molar-refractivity contribution < 1.29 is 22.7 Å². The molecule has 1 N–H and O–H groups in total. The molecule has 0 saturated carbocycles. The van der Waals surface area contributed by atoms with E-state index in [1.54, 1.807) is 13.0 Å². The van der Waals surface area contributed by atoms with Crippen LogP contribution in [-0.2, 0) is 14.8 Å². The Bertz CT molecular complexity index is 689. The van der Waals surface area contributed by atoms with Crippen molar-refractivity contribution in [3.63, 3.8) is 0 Å². The van der Waals surface area contributed by atoms with Crippen molar-refractivity contribution in [1.82, 2.24) is 4.31 Å². The van der Waals surface area contributed by atoms with Gasteiger partial charge in [-0.25, -0.2) is 12.8 Å². The van der Waals surface area contributed by atoms with Gasteiger partial charge in [0.2, 0.25) is 10.0 Å². The summed E-state index contributed by atoms with van der Waals surface area (Å²) in [5.74, 6) is -2.83. The number of hydrogen-bond acceptors (Lipinski definition) is 3. The van der Waals surface area contributed by atoms with E-state index in [-0.39, 0.29) is 18.0 Å². The summed E-state index contributed by atoms with van der Waals surface area (Å²) in [6.07, 6.45) is 2.92. The molecular formula is C14H16FNO4S. The topological polar surface area (TPSA) is 74.7 Å². The fourth-order valence-corrected chi connectivity index (χ4v) is 4.08. The third kappa shape index (κ3) is 2.98. The van der Waals surface area contributed by atoms with Gasteiger partial charge >= 0.3 is 5.97 Å². The average molecular weight is 313 g/mol. The smallest absolute Gasteiger partial charge is 0.311 e. The Morgan fingerprint density at radius 1 is 1.38 bits per heavy atom. The van der Waals surface area contributed by atoms with Crippen LogP contribution in [0.4, 0.5) is 4.39 Å². The number of carboxylic acid groups (broad SMARTS) is 1. The lowest BCUT2D eigenvalue weighted by molar-refractivity contribution is -0.140. The first-order valence-electron chi connectivity index (χ1n) is 6.40. The highest BCUT2D eigenvalue weighted by atomic mass is 32.2. The molecule has 5 nitrogen and oxygen atoms in total. The molecule has 1 aromatic rings. The fourth-order valence-electron chi connectivity index (χ4n) is 2.41. The highest BCUT2D eigenvalue weighted by Crippen LogP contribution is 2.26. The van der Waals surface area contributed by atoms with Gasteiger partial charge in [-0.3, -0.25) is 4.79 Å². The molecule has 0 bridgehead atoms. The van der Waals surface area contributed by atoms with Crippen molar-refractivity contribution in [1.29, 1.82) is 0 Å². The minimum atomic E-state index is -4.06. The maximum Gasteiger partial charge on any atom is 0.311 e. The van der Waals surface area contributed by atoms with Gasteiger partial charge in [-0.1, -0.05) is 18.2 Å². The second-order valence-electron chi connectivity index (χ2n) is 5.09. The van der Waals surface area contributed by atoms with Crippen molar-refractivity contribution in [2.75, 3.05) is 13.1 Å². The largest absolute Gasteiger partial charge is 0.481 e. The zero-order valence-corrected chi connectivity index (χ0v) is 12.5. The first-order valence-corrected chi connectivity index (χ1v) is 7.84. The normalized spacial score (nSPS) is 19.7. The molecule has 1 aliphatic heterocycles. The van der Waals surface area contributed by atoms with E-state index in [2.05, 4.69) is 0 Å². The SMILES string of the molecule is Cc1cc(C)c(S(=O)(=O)N2CC=CC(C(=O)O)C2)c(F)c1. The summed E-state index contributed by atoms with van der Waals surface area (Å²) >= 11 is 0. The Kier molecular flexibility index (Phi) is 4.15. The Hall–Kier alpha value is -1.73. The van der Waals surface area contributed by atoms with Gasteiger partial charge in [-0.05, 0) is 31.0 Å². The number of benzene rings is 1. The van der Waals surface area contributed by atoms with Crippen LogP contribution in [0.2, 0.25) is 0 Å². The van der Waals surface area contributed by atoms with E-state index in [0.717, 1.165) is 10.4 Å². The lowest BCUT2D eigenvalue weighted by Crippen LogP contribution is -2.40. The zero-order chi connectivity index (χ0) is 15.8. The summed E-state index contributed by atoms with van der Waals surface area (Å²) in [7, 11) is -4.06. The number of nitrogens with zero attached hydrogens (tertiary/aromatic N) is 1. The predicted octanol–water partition coefficient (Wildman–Crippen LogP) is 1.70. The van der Waals surface area contributed by atoms with Crippen LogP contribution in [0.3, 0.4) is 0 Å². The number of halogens is 1. The van der Waals surface area contributed by atoms with Crippen LogP contribution >= 0.6 is 0 Å². The quantitative estimate of drug-likeness (QED) is 0.862. The molecule has 0 radical (unpaired) electrons. The van der Waals surface area contributed by atoms with Gasteiger partial charge in [0.15, 0.2) is 0 Å². The van der Waals surface area contributed by atoms with Gasteiger partial charge in [0.1, 0.15) is 10.7 Å². The van der Waals surface area contributed by atoms with Crippen LogP contribution in [0.25, 0.3) is 0 Å². The number of carbonyl (C=O) groups is 1. The van der Waals surface area contributed by atoms with Crippen LogP contribution in [0.15, 0.2) is 29.2 Å². The van der Waals surface area contributed by atoms with Gasteiger partial charge in [-0.2, -0.15) is 4.31 Å². The molecule has 0 spiro atoms. The second kappa shape index (κ2) is 5.57. The van der Waals surface area contributed by atoms with Gasteiger partial charge in [0.25, 0.3) is 0 Å². The summed E-state index contributed by atoms with van der Waals surface area (Å²) < 4.78 is 40.2. The lowest BCUT2D eigenvalue weighted by atomic mass is 10.1. The van der Waals surface area contributed by atoms with Crippen molar-refractivity contribution in [3.05, 3.63) is 41.2 Å². The molecule has 0 aliphatic carbocycles. The monoisotopic (exact) mass is 313 g/mol. The average Bonchev–Trinajstić information content (AvgIpc) is 2.37. The molecule has 0 fully saturated rings. The lowest BCUT2D eigenvalue weighted by Gasteiger charge is -2.27. The first kappa shape index (κ1) is 15.7. The summed E-state index contributed by atoms with van der Waals surface area (Å²) in [5.41, 5.74) is 0.944. The highest BCUT2D eigenvalue weighted by Gasteiger charge is 2.33. The molecule has 1 heterocycles. The Labute approximate surface area is 122 Å². The van der Waals surface area contributed by atoms with Crippen molar-refractivity contribution >= 4 is 16.0 Å². The molecule has 1 aromatic carbocycles. The fraction of sp³-hybridized carbons (Fsp3) is 0.357. The molecule has 0 saturated heterocycles. The number of aryl methyl sites for hydroxylation is 2. The minimum absolute atomic E-state index is 0.0405. The van der Waals surface area contributed by atoms with Crippen LogP contribution < -0.4 is 0 Å². The maximum atomic E-state index is 14.1. The van der Waals surface area contributed by atoms with E-state index in [0.29, 0.717) is 11.1 Å². The van der Waals surface area contributed by atoms with E-state index >= 15 is 0 Å². The maximum absolute atomic E-state index is 14.1. The van der Waals surface area contributed by atoms with Crippen LogP contribution in [0.5, 0.6) is 0 Å². The number of hydrogen-bond donors (Lipinski definition) is 1. The zero-order valence-electron chi connectivity index (χ0n) is 11.7. The van der Waals surface area contributed by atoms with E-state index in [9.17, 15) is 17.6 Å². The molecular weight excluding hydrogens is 297 g/mol. The number of aliphatic carboxylic acids is 1. The van der Waals surface area contributed by atoms with Crippen LogP contribution in [-0.4, -0.2) is 36.9 Å². The van der Waals surface area contributed by atoms with E-state index in [1.165, 1.54) is 19.1 Å². The number of sulfonamides is 1. The Morgan fingerprint density at radius 2 is 2.05 bits per heavy atom. The molecule has 114 valence electrons. The molecule has 1 atom stereocenters. The molecule has 1 unspecified atom stereocenters. The van der Waals surface area contributed by atoms with Gasteiger partial charge < -0.3 is 5.11 Å². The molecule has 1 aliphatic rings. The highest BCUT2D eigenvalue weighted by molar-refractivity contribution is 7.89. The van der Waals surface area contributed by atoms with E-state index in [1.807, 2.05) is 0 Å². The Balaban J connectivity index is 2.44. The third-order valence-electron chi connectivity index (χ3n) is 3.37. The molecule has 21 heavy (non-hydrogen) atoms. The van der Waals surface area contributed by atoms with Gasteiger partial charge in [0.05, 0.1) is 5.92 Å².